The standard InChI is InChI=1S/C15H20FNO4/c1-3-21-10-4-5-13(18)17-15(2,14(19)20)11-6-8-12(16)9-7-11/h6-9H,3-5,10H2,1-2H3,(H,17,18)(H,19,20). The van der Waals surface area contributed by atoms with Crippen molar-refractivity contribution in [3.8, 4) is 0 Å². The number of hydrogen-bond donors (Lipinski definition) is 2. The second kappa shape index (κ2) is 7.73. The summed E-state index contributed by atoms with van der Waals surface area (Å²) in [5, 5.41) is 11.9. The molecule has 0 fully saturated rings. The molecule has 0 aliphatic carbocycles. The molecule has 5 nitrogen and oxygen atoms in total. The second-order valence-corrected chi connectivity index (χ2v) is 4.79. The molecule has 2 N–H and O–H groups in total. The van der Waals surface area contributed by atoms with E-state index in [0.717, 1.165) is 12.1 Å². The molecule has 0 aromatic heterocycles. The Morgan fingerprint density at radius 1 is 1.33 bits per heavy atom. The maximum absolute atomic E-state index is 12.9. The van der Waals surface area contributed by atoms with E-state index in [4.69, 9.17) is 4.74 Å². The lowest BCUT2D eigenvalue weighted by Crippen LogP contribution is -2.49. The average molecular weight is 297 g/mol. The highest BCUT2D eigenvalue weighted by molar-refractivity contribution is 5.87. The van der Waals surface area contributed by atoms with Gasteiger partial charge in [0, 0.05) is 19.6 Å². The molecule has 21 heavy (non-hydrogen) atoms. The number of carboxylic acids is 1. The van der Waals surface area contributed by atoms with Crippen molar-refractivity contribution in [2.75, 3.05) is 13.2 Å². The molecule has 1 unspecified atom stereocenters. The Bertz CT molecular complexity index is 489. The van der Waals surface area contributed by atoms with Crippen LogP contribution in [0.5, 0.6) is 0 Å². The molecule has 0 saturated heterocycles. The summed E-state index contributed by atoms with van der Waals surface area (Å²) < 4.78 is 18.1. The SMILES string of the molecule is CCOCCCC(=O)NC(C)(C(=O)O)c1ccc(F)cc1. The highest BCUT2D eigenvalue weighted by Crippen LogP contribution is 2.22. The first kappa shape index (κ1) is 17.1. The Kier molecular flexibility index (Phi) is 6.30. The van der Waals surface area contributed by atoms with Crippen LogP contribution in [0.25, 0.3) is 0 Å². The number of ether oxygens (including phenoxy) is 1. The van der Waals surface area contributed by atoms with Crippen molar-refractivity contribution in [2.45, 2.75) is 32.2 Å². The number of benzene rings is 1. The summed E-state index contributed by atoms with van der Waals surface area (Å²) in [5.41, 5.74) is -1.27. The van der Waals surface area contributed by atoms with Crippen LogP contribution in [0.15, 0.2) is 24.3 Å². The summed E-state index contributed by atoms with van der Waals surface area (Å²) in [7, 11) is 0. The molecule has 1 rings (SSSR count). The van der Waals surface area contributed by atoms with Gasteiger partial charge in [-0.25, -0.2) is 9.18 Å². The summed E-state index contributed by atoms with van der Waals surface area (Å²) in [4.78, 5) is 23.3. The van der Waals surface area contributed by atoms with Crippen LogP contribution in [0, 0.1) is 5.82 Å². The largest absolute Gasteiger partial charge is 0.479 e. The number of hydrogen-bond acceptors (Lipinski definition) is 3. The topological polar surface area (TPSA) is 75.6 Å². The molecule has 0 aliphatic heterocycles. The zero-order valence-electron chi connectivity index (χ0n) is 12.2. The number of nitrogens with one attached hydrogen (secondary N) is 1. The minimum absolute atomic E-state index is 0.171. The minimum Gasteiger partial charge on any atom is -0.479 e. The molecule has 0 heterocycles. The molecular formula is C15H20FNO4. The fourth-order valence-corrected chi connectivity index (χ4v) is 1.85. The molecular weight excluding hydrogens is 277 g/mol. The van der Waals surface area contributed by atoms with Gasteiger partial charge < -0.3 is 15.2 Å². The van der Waals surface area contributed by atoms with E-state index in [0.29, 0.717) is 25.2 Å². The van der Waals surface area contributed by atoms with Crippen LogP contribution in [-0.4, -0.2) is 30.2 Å². The highest BCUT2D eigenvalue weighted by Gasteiger charge is 2.36. The van der Waals surface area contributed by atoms with Crippen molar-refractivity contribution in [2.24, 2.45) is 0 Å². The smallest absolute Gasteiger partial charge is 0.333 e. The van der Waals surface area contributed by atoms with Crippen LogP contribution < -0.4 is 5.32 Å². The monoisotopic (exact) mass is 297 g/mol. The first-order valence-corrected chi connectivity index (χ1v) is 6.78. The van der Waals surface area contributed by atoms with Crippen molar-refractivity contribution >= 4 is 11.9 Å². The van der Waals surface area contributed by atoms with E-state index in [-0.39, 0.29) is 12.3 Å². The van der Waals surface area contributed by atoms with E-state index in [2.05, 4.69) is 5.32 Å². The van der Waals surface area contributed by atoms with Crippen LogP contribution in [0.4, 0.5) is 4.39 Å². The molecule has 1 amide bonds. The summed E-state index contributed by atoms with van der Waals surface area (Å²) in [6.45, 7) is 4.26. The predicted molar refractivity (Wildman–Crippen MR) is 75.3 cm³/mol. The third-order valence-corrected chi connectivity index (χ3v) is 3.14. The molecule has 0 spiro atoms. The lowest BCUT2D eigenvalue weighted by molar-refractivity contribution is -0.147. The lowest BCUT2D eigenvalue weighted by Gasteiger charge is -2.26. The van der Waals surface area contributed by atoms with E-state index >= 15 is 0 Å². The van der Waals surface area contributed by atoms with Gasteiger partial charge in [0.15, 0.2) is 5.54 Å². The van der Waals surface area contributed by atoms with E-state index in [1.54, 1.807) is 0 Å². The van der Waals surface area contributed by atoms with Crippen LogP contribution in [0.3, 0.4) is 0 Å². The maximum Gasteiger partial charge on any atom is 0.333 e. The van der Waals surface area contributed by atoms with Crippen molar-refractivity contribution in [3.05, 3.63) is 35.6 Å². The minimum atomic E-state index is -1.59. The first-order chi connectivity index (χ1) is 9.90. The molecule has 0 saturated carbocycles. The molecule has 0 radical (unpaired) electrons. The Morgan fingerprint density at radius 2 is 1.95 bits per heavy atom. The van der Waals surface area contributed by atoms with Gasteiger partial charge in [0.25, 0.3) is 0 Å². The van der Waals surface area contributed by atoms with Gasteiger partial charge in [0.05, 0.1) is 0 Å². The summed E-state index contributed by atoms with van der Waals surface area (Å²) in [6.07, 6.45) is 0.683. The number of halogens is 1. The number of aliphatic carboxylic acids is 1. The molecule has 0 bridgehead atoms. The molecule has 1 aromatic rings. The fraction of sp³-hybridized carbons (Fsp3) is 0.467. The van der Waals surface area contributed by atoms with Crippen molar-refractivity contribution in [1.82, 2.24) is 5.32 Å². The van der Waals surface area contributed by atoms with Crippen molar-refractivity contribution in [3.63, 3.8) is 0 Å². The number of carbonyl (C=O) groups is 2. The van der Waals surface area contributed by atoms with Gasteiger partial charge in [-0.3, -0.25) is 4.79 Å². The van der Waals surface area contributed by atoms with Crippen molar-refractivity contribution in [1.29, 1.82) is 0 Å². The Labute approximate surface area is 123 Å². The molecule has 1 aromatic carbocycles. The number of carboxylic acid groups (broad SMARTS) is 1. The zero-order valence-corrected chi connectivity index (χ0v) is 12.2. The Hall–Kier alpha value is -1.95. The lowest BCUT2D eigenvalue weighted by atomic mass is 9.91. The van der Waals surface area contributed by atoms with Gasteiger partial charge in [-0.05, 0) is 38.0 Å². The predicted octanol–water partition coefficient (Wildman–Crippen LogP) is 2.06. The van der Waals surface area contributed by atoms with Gasteiger partial charge in [-0.2, -0.15) is 0 Å². The number of amides is 1. The summed E-state index contributed by atoms with van der Waals surface area (Å²) >= 11 is 0. The molecule has 1 atom stereocenters. The van der Waals surface area contributed by atoms with Crippen LogP contribution >= 0.6 is 0 Å². The van der Waals surface area contributed by atoms with E-state index in [1.165, 1.54) is 19.1 Å². The van der Waals surface area contributed by atoms with E-state index in [1.807, 2.05) is 6.92 Å². The summed E-state index contributed by atoms with van der Waals surface area (Å²) in [5.74, 6) is -2.05. The van der Waals surface area contributed by atoms with Crippen LogP contribution in [-0.2, 0) is 19.9 Å². The Balaban J connectivity index is 2.74. The normalized spacial score (nSPS) is 13.5. The first-order valence-electron chi connectivity index (χ1n) is 6.78. The zero-order chi connectivity index (χ0) is 15.9. The van der Waals surface area contributed by atoms with E-state index < -0.39 is 17.3 Å². The third-order valence-electron chi connectivity index (χ3n) is 3.14. The fourth-order valence-electron chi connectivity index (χ4n) is 1.85. The number of carbonyl (C=O) groups excluding carboxylic acids is 1. The Morgan fingerprint density at radius 3 is 2.48 bits per heavy atom. The third kappa shape index (κ3) is 4.82. The number of rotatable bonds is 8. The van der Waals surface area contributed by atoms with Crippen LogP contribution in [0.2, 0.25) is 0 Å². The quantitative estimate of drug-likeness (QED) is 0.720. The molecule has 116 valence electrons. The maximum atomic E-state index is 12.9. The van der Waals surface area contributed by atoms with Gasteiger partial charge in [-0.15, -0.1) is 0 Å². The van der Waals surface area contributed by atoms with E-state index in [9.17, 15) is 19.1 Å². The average Bonchev–Trinajstić information content (AvgIpc) is 2.44. The van der Waals surface area contributed by atoms with Gasteiger partial charge in [0.1, 0.15) is 5.82 Å². The van der Waals surface area contributed by atoms with Gasteiger partial charge >= 0.3 is 5.97 Å². The second-order valence-electron chi connectivity index (χ2n) is 4.79. The summed E-state index contributed by atoms with van der Waals surface area (Å²) in [6, 6.07) is 5.03. The highest BCUT2D eigenvalue weighted by atomic mass is 19.1. The molecule has 6 heteroatoms. The van der Waals surface area contributed by atoms with Gasteiger partial charge in [0.2, 0.25) is 5.91 Å². The molecule has 0 aliphatic rings. The van der Waals surface area contributed by atoms with Crippen LogP contribution in [0.1, 0.15) is 32.3 Å². The van der Waals surface area contributed by atoms with Gasteiger partial charge in [-0.1, -0.05) is 12.1 Å². The van der Waals surface area contributed by atoms with Crippen molar-refractivity contribution < 1.29 is 23.8 Å².